The van der Waals surface area contributed by atoms with Gasteiger partial charge < -0.3 is 5.11 Å². The van der Waals surface area contributed by atoms with E-state index in [-0.39, 0.29) is 36.3 Å². The van der Waals surface area contributed by atoms with Crippen molar-refractivity contribution in [3.63, 3.8) is 0 Å². The van der Waals surface area contributed by atoms with Crippen LogP contribution in [0.25, 0.3) is 0 Å². The van der Waals surface area contributed by atoms with Gasteiger partial charge in [0, 0.05) is 43.2 Å². The number of aliphatic carboxylic acids is 1. The van der Waals surface area contributed by atoms with E-state index in [0.717, 1.165) is 6.92 Å². The van der Waals surface area contributed by atoms with Crippen molar-refractivity contribution in [3.8, 4) is 0 Å². The number of carboxylic acid groups (broad SMARTS) is 1. The molecule has 0 saturated carbocycles. The molecular weight excluding hydrogens is 513 g/mol. The summed E-state index contributed by atoms with van der Waals surface area (Å²) in [7, 11) is 0.135. The number of unbranched alkanes of at least 4 members (excludes halogenated alkanes) is 6. The molecule has 0 aliphatic heterocycles. The third kappa shape index (κ3) is 41.7. The van der Waals surface area contributed by atoms with Crippen LogP contribution in [0.4, 0.5) is 0 Å². The number of hydrogen-bond donors (Lipinski definition) is 1. The van der Waals surface area contributed by atoms with Crippen LogP contribution in [0.2, 0.25) is 0 Å². The van der Waals surface area contributed by atoms with Gasteiger partial charge in [0.1, 0.15) is 0 Å². The predicted octanol–water partition coefficient (Wildman–Crippen LogP) is 9.29. The Hall–Kier alpha value is 0.992. The molecule has 0 atom stereocenters. The maximum Gasteiger partial charge on any atom is 0.300 e. The van der Waals surface area contributed by atoms with Gasteiger partial charge in [0.15, 0.2) is 0 Å². The third-order valence-corrected chi connectivity index (χ3v) is 11.7. The molecule has 0 spiro atoms. The van der Waals surface area contributed by atoms with E-state index in [1.54, 1.807) is 37.0 Å². The van der Waals surface area contributed by atoms with Gasteiger partial charge in [-0.1, -0.05) is 80.1 Å². The van der Waals surface area contributed by atoms with Crippen LogP contribution >= 0.6 is 15.8 Å². The molecule has 0 aromatic rings. The van der Waals surface area contributed by atoms with E-state index >= 15 is 0 Å². The van der Waals surface area contributed by atoms with Crippen molar-refractivity contribution in [3.05, 3.63) is 0 Å². The molecule has 5 heteroatoms. The van der Waals surface area contributed by atoms with Crippen LogP contribution in [-0.2, 0) is 25.2 Å². The van der Waals surface area contributed by atoms with Crippen molar-refractivity contribution in [1.29, 1.82) is 0 Å². The summed E-state index contributed by atoms with van der Waals surface area (Å²) in [5, 5.41) is 7.42. The molecule has 0 unspecified atom stereocenters. The van der Waals surface area contributed by atoms with E-state index in [9.17, 15) is 0 Å². The standard InChI is InChI=1S/2C12H27P.C2H4O2.Pd/c2*1-4-7-10-13(11-8-5-2)12-9-6-3;1-2(3)4;/h2*4-12H2,1-3H3;1H3,(H,3,4);/p+2. The van der Waals surface area contributed by atoms with Crippen molar-refractivity contribution in [2.24, 2.45) is 0 Å². The molecule has 0 aliphatic rings. The van der Waals surface area contributed by atoms with E-state index in [2.05, 4.69) is 41.5 Å². The van der Waals surface area contributed by atoms with Crippen LogP contribution in [0.15, 0.2) is 0 Å². The van der Waals surface area contributed by atoms with Gasteiger partial charge in [0.2, 0.25) is 0 Å². The van der Waals surface area contributed by atoms with Gasteiger partial charge in [0.05, 0.1) is 37.0 Å². The molecule has 31 heavy (non-hydrogen) atoms. The summed E-state index contributed by atoms with van der Waals surface area (Å²) in [6.45, 7) is 15.0. The van der Waals surface area contributed by atoms with Crippen LogP contribution in [0.5, 0.6) is 0 Å². The Labute approximate surface area is 214 Å². The molecule has 0 saturated heterocycles. The second kappa shape index (κ2) is 35.6. The maximum absolute atomic E-state index is 9.00. The van der Waals surface area contributed by atoms with Gasteiger partial charge >= 0.3 is 0 Å². The Balaban J connectivity index is -0.000000195. The normalized spacial score (nSPS) is 10.1. The summed E-state index contributed by atoms with van der Waals surface area (Å²) in [4.78, 5) is 9.00. The van der Waals surface area contributed by atoms with E-state index in [1.165, 1.54) is 77.0 Å². The molecule has 1 N–H and O–H groups in total. The summed E-state index contributed by atoms with van der Waals surface area (Å²) in [6.07, 6.45) is 26.8. The van der Waals surface area contributed by atoms with Gasteiger partial charge in [-0.2, -0.15) is 0 Å². The minimum absolute atomic E-state index is 0. The van der Waals surface area contributed by atoms with Gasteiger partial charge in [0.25, 0.3) is 5.97 Å². The minimum atomic E-state index is -0.833. The first kappa shape index (κ1) is 39.2. The van der Waals surface area contributed by atoms with Crippen molar-refractivity contribution < 1.29 is 30.3 Å². The Morgan fingerprint density at radius 2 is 0.645 bits per heavy atom. The SMILES string of the molecule is CC(=O)O.CCCC[PH+](CCCC)CCCC.CCCC[PH+](CCCC)CCCC.[Pd]. The molecule has 0 radical (unpaired) electrons. The Morgan fingerprint density at radius 3 is 0.742 bits per heavy atom. The topological polar surface area (TPSA) is 37.3 Å². The molecule has 0 heterocycles. The Morgan fingerprint density at radius 1 is 0.516 bits per heavy atom. The zero-order valence-electron chi connectivity index (χ0n) is 22.4. The minimum Gasteiger partial charge on any atom is -0.481 e. The van der Waals surface area contributed by atoms with Crippen molar-refractivity contribution in [2.75, 3.05) is 37.0 Å². The van der Waals surface area contributed by atoms with Crippen LogP contribution in [0.1, 0.15) is 126 Å². The Kier molecular flexibility index (Phi) is 45.0. The van der Waals surface area contributed by atoms with Crippen LogP contribution < -0.4 is 0 Å². The van der Waals surface area contributed by atoms with Crippen LogP contribution in [-0.4, -0.2) is 48.0 Å². The summed E-state index contributed by atoms with van der Waals surface area (Å²) in [5.74, 6) is -0.833. The quantitative estimate of drug-likeness (QED) is 0.131. The van der Waals surface area contributed by atoms with E-state index in [1.807, 2.05) is 0 Å². The number of carbonyl (C=O) groups is 1. The van der Waals surface area contributed by atoms with E-state index < -0.39 is 5.97 Å². The molecule has 0 aromatic carbocycles. The fourth-order valence-corrected chi connectivity index (χ4v) is 9.93. The predicted molar refractivity (Wildman–Crippen MR) is 149 cm³/mol. The van der Waals surface area contributed by atoms with Gasteiger partial charge in [-0.15, -0.1) is 0 Å². The first-order chi connectivity index (χ1) is 14.4. The van der Waals surface area contributed by atoms with Crippen LogP contribution in [0.3, 0.4) is 0 Å². The third-order valence-electron chi connectivity index (χ3n) is 5.30. The fraction of sp³-hybridized carbons (Fsp3) is 0.962. The first-order valence-electron chi connectivity index (χ1n) is 13.3. The second-order valence-corrected chi connectivity index (χ2v) is 14.6. The largest absolute Gasteiger partial charge is 0.481 e. The molecule has 0 aromatic heterocycles. The molecule has 0 amide bonds. The number of rotatable bonds is 18. The summed E-state index contributed by atoms with van der Waals surface area (Å²) in [6, 6.07) is 0. The zero-order chi connectivity index (χ0) is 23.5. The average molecular weight is 573 g/mol. The van der Waals surface area contributed by atoms with E-state index in [0.29, 0.717) is 0 Å². The van der Waals surface area contributed by atoms with Crippen molar-refractivity contribution in [2.45, 2.75) is 126 Å². The van der Waals surface area contributed by atoms with E-state index in [4.69, 9.17) is 9.90 Å². The molecule has 194 valence electrons. The summed E-state index contributed by atoms with van der Waals surface area (Å²) in [5.41, 5.74) is 0. The molecule has 0 rings (SSSR count). The summed E-state index contributed by atoms with van der Waals surface area (Å²) < 4.78 is 0. The Bertz CT molecular complexity index is 252. The first-order valence-corrected chi connectivity index (χ1v) is 17.5. The average Bonchev–Trinajstić information content (AvgIpc) is 2.72. The van der Waals surface area contributed by atoms with Crippen molar-refractivity contribution >= 4 is 21.8 Å². The van der Waals surface area contributed by atoms with Crippen molar-refractivity contribution in [1.82, 2.24) is 0 Å². The molecule has 0 fully saturated rings. The number of hydrogen-bond acceptors (Lipinski definition) is 1. The van der Waals surface area contributed by atoms with Gasteiger partial charge in [-0.3, -0.25) is 4.79 Å². The molecule has 0 aliphatic carbocycles. The van der Waals surface area contributed by atoms with Gasteiger partial charge in [-0.25, -0.2) is 0 Å². The molecule has 2 nitrogen and oxygen atoms in total. The summed E-state index contributed by atoms with van der Waals surface area (Å²) >= 11 is 0. The fourth-order valence-electron chi connectivity index (χ4n) is 3.31. The molecule has 0 bridgehead atoms. The van der Waals surface area contributed by atoms with Crippen LogP contribution in [0, 0.1) is 0 Å². The van der Waals surface area contributed by atoms with Gasteiger partial charge in [-0.05, 0) is 38.5 Å². The number of carboxylic acids is 1. The maximum atomic E-state index is 9.00. The zero-order valence-corrected chi connectivity index (χ0v) is 26.0. The molecular formula is C26H60O2P2Pd+2. The monoisotopic (exact) mass is 572 g/mol. The second-order valence-electron chi connectivity index (χ2n) is 8.64. The smallest absolute Gasteiger partial charge is 0.300 e.